The summed E-state index contributed by atoms with van der Waals surface area (Å²) < 4.78 is 15.5. The zero-order valence-electron chi connectivity index (χ0n) is 14.5. The van der Waals surface area contributed by atoms with Crippen LogP contribution in [0.15, 0.2) is 58.2 Å². The molecule has 8 nitrogen and oxygen atoms in total. The second-order valence-electron chi connectivity index (χ2n) is 5.24. The normalized spacial score (nSPS) is 10.8. The molecule has 140 valence electrons. The van der Waals surface area contributed by atoms with Crippen molar-refractivity contribution in [1.29, 1.82) is 5.26 Å². The van der Waals surface area contributed by atoms with Crippen LogP contribution in [0.4, 0.5) is 5.13 Å². The van der Waals surface area contributed by atoms with Crippen molar-refractivity contribution in [2.45, 2.75) is 0 Å². The van der Waals surface area contributed by atoms with Crippen LogP contribution in [-0.2, 0) is 4.79 Å². The standard InChI is InChI=1S/C19H13N3O5S/c1-25-16-10-12(4-5-14(16)27-18(24)15-3-2-7-26-15)9-13(11-20)17(23)22-19-21-6-8-28-19/h2-10H,1H3,(H,21,22,23)/b13-9+. The Bertz CT molecular complexity index is 1050. The first-order valence-electron chi connectivity index (χ1n) is 7.87. The van der Waals surface area contributed by atoms with Gasteiger partial charge in [-0.1, -0.05) is 6.07 Å². The van der Waals surface area contributed by atoms with Crippen LogP contribution in [-0.4, -0.2) is 24.0 Å². The Morgan fingerprint density at radius 3 is 2.82 bits per heavy atom. The van der Waals surface area contributed by atoms with Gasteiger partial charge in [-0.25, -0.2) is 9.78 Å². The Morgan fingerprint density at radius 1 is 1.32 bits per heavy atom. The molecule has 0 spiro atoms. The molecule has 0 aliphatic rings. The Hall–Kier alpha value is -3.90. The second-order valence-corrected chi connectivity index (χ2v) is 6.13. The highest BCUT2D eigenvalue weighted by molar-refractivity contribution is 7.13. The largest absolute Gasteiger partial charge is 0.493 e. The van der Waals surface area contributed by atoms with E-state index in [4.69, 9.17) is 13.9 Å². The first-order chi connectivity index (χ1) is 13.6. The van der Waals surface area contributed by atoms with E-state index < -0.39 is 11.9 Å². The van der Waals surface area contributed by atoms with Crippen molar-refractivity contribution >= 4 is 34.4 Å². The third-order valence-corrected chi connectivity index (χ3v) is 4.13. The summed E-state index contributed by atoms with van der Waals surface area (Å²) in [4.78, 5) is 28.1. The van der Waals surface area contributed by atoms with Gasteiger partial charge in [0, 0.05) is 11.6 Å². The smallest absolute Gasteiger partial charge is 0.379 e. The number of anilines is 1. The summed E-state index contributed by atoms with van der Waals surface area (Å²) >= 11 is 1.24. The van der Waals surface area contributed by atoms with E-state index in [1.807, 2.05) is 6.07 Å². The predicted molar refractivity (Wildman–Crippen MR) is 101 cm³/mol. The number of rotatable bonds is 6. The molecule has 2 aromatic heterocycles. The first-order valence-corrected chi connectivity index (χ1v) is 8.75. The summed E-state index contributed by atoms with van der Waals surface area (Å²) in [5.74, 6) is -0.772. The molecule has 2 heterocycles. The third kappa shape index (κ3) is 4.44. The molecular weight excluding hydrogens is 382 g/mol. The molecule has 3 rings (SSSR count). The highest BCUT2D eigenvalue weighted by atomic mass is 32.1. The molecule has 0 aliphatic carbocycles. The van der Waals surface area contributed by atoms with Crippen LogP contribution in [0.5, 0.6) is 11.5 Å². The van der Waals surface area contributed by atoms with Gasteiger partial charge in [-0.3, -0.25) is 10.1 Å². The zero-order chi connectivity index (χ0) is 19.9. The van der Waals surface area contributed by atoms with Gasteiger partial charge in [0.15, 0.2) is 16.6 Å². The molecule has 28 heavy (non-hydrogen) atoms. The number of furan rings is 1. The monoisotopic (exact) mass is 395 g/mol. The van der Waals surface area contributed by atoms with Crippen LogP contribution >= 0.6 is 11.3 Å². The number of nitriles is 1. The lowest BCUT2D eigenvalue weighted by atomic mass is 10.1. The van der Waals surface area contributed by atoms with Crippen molar-refractivity contribution in [2.75, 3.05) is 12.4 Å². The molecule has 0 bridgehead atoms. The minimum Gasteiger partial charge on any atom is -0.493 e. The molecule has 0 atom stereocenters. The molecule has 0 saturated heterocycles. The Balaban J connectivity index is 1.80. The molecule has 1 amide bonds. The summed E-state index contributed by atoms with van der Waals surface area (Å²) in [5.41, 5.74) is 0.401. The number of carbonyl (C=O) groups excluding carboxylic acids is 2. The predicted octanol–water partition coefficient (Wildman–Crippen LogP) is 3.51. The van der Waals surface area contributed by atoms with E-state index >= 15 is 0 Å². The quantitative estimate of drug-likeness (QED) is 0.294. The number of hydrogen-bond acceptors (Lipinski definition) is 8. The summed E-state index contributed by atoms with van der Waals surface area (Å²) in [6.45, 7) is 0. The average Bonchev–Trinajstić information content (AvgIpc) is 3.41. The molecule has 1 N–H and O–H groups in total. The van der Waals surface area contributed by atoms with Crippen LogP contribution in [0.25, 0.3) is 6.08 Å². The Labute approximate surface area is 163 Å². The number of aromatic nitrogens is 1. The van der Waals surface area contributed by atoms with E-state index in [0.29, 0.717) is 10.7 Å². The number of benzene rings is 1. The van der Waals surface area contributed by atoms with Gasteiger partial charge in [0.2, 0.25) is 5.76 Å². The van der Waals surface area contributed by atoms with Crippen molar-refractivity contribution < 1.29 is 23.5 Å². The van der Waals surface area contributed by atoms with Gasteiger partial charge in [0.1, 0.15) is 11.6 Å². The number of carbonyl (C=O) groups is 2. The fourth-order valence-corrected chi connectivity index (χ4v) is 2.69. The third-order valence-electron chi connectivity index (χ3n) is 3.44. The topological polar surface area (TPSA) is 114 Å². The summed E-state index contributed by atoms with van der Waals surface area (Å²) in [6, 6.07) is 9.53. The van der Waals surface area contributed by atoms with Crippen molar-refractivity contribution in [3.8, 4) is 17.6 Å². The molecule has 3 aromatic rings. The molecule has 1 aromatic carbocycles. The fraction of sp³-hybridized carbons (Fsp3) is 0.0526. The van der Waals surface area contributed by atoms with E-state index in [0.717, 1.165) is 0 Å². The van der Waals surface area contributed by atoms with E-state index in [1.165, 1.54) is 42.9 Å². The molecule has 0 fully saturated rings. The highest BCUT2D eigenvalue weighted by Gasteiger charge is 2.16. The van der Waals surface area contributed by atoms with E-state index in [-0.39, 0.29) is 22.8 Å². The molecule has 0 aliphatic heterocycles. The number of amides is 1. The second kappa shape index (κ2) is 8.66. The number of methoxy groups -OCH3 is 1. The summed E-state index contributed by atoms with van der Waals surface area (Å²) in [6.07, 6.45) is 4.30. The van der Waals surface area contributed by atoms with Crippen LogP contribution in [0.2, 0.25) is 0 Å². The maximum Gasteiger partial charge on any atom is 0.379 e. The molecule has 9 heteroatoms. The van der Waals surface area contributed by atoms with Gasteiger partial charge in [-0.15, -0.1) is 11.3 Å². The number of thiazole rings is 1. The van der Waals surface area contributed by atoms with Crippen molar-refractivity contribution in [1.82, 2.24) is 4.98 Å². The lowest BCUT2D eigenvalue weighted by Gasteiger charge is -2.09. The van der Waals surface area contributed by atoms with Gasteiger partial charge >= 0.3 is 5.97 Å². The van der Waals surface area contributed by atoms with Gasteiger partial charge in [0.25, 0.3) is 5.91 Å². The maximum absolute atomic E-state index is 12.2. The Morgan fingerprint density at radius 2 is 2.18 bits per heavy atom. The van der Waals surface area contributed by atoms with Crippen molar-refractivity contribution in [3.05, 3.63) is 65.1 Å². The molecule has 0 saturated carbocycles. The molecule has 0 radical (unpaired) electrons. The Kier molecular flexibility index (Phi) is 5.84. The van der Waals surface area contributed by atoms with E-state index in [9.17, 15) is 14.9 Å². The minimum atomic E-state index is -0.674. The van der Waals surface area contributed by atoms with Crippen molar-refractivity contribution in [3.63, 3.8) is 0 Å². The van der Waals surface area contributed by atoms with Crippen LogP contribution < -0.4 is 14.8 Å². The lowest BCUT2D eigenvalue weighted by molar-refractivity contribution is -0.112. The van der Waals surface area contributed by atoms with Gasteiger partial charge in [0.05, 0.1) is 13.4 Å². The maximum atomic E-state index is 12.2. The molecular formula is C19H13N3O5S. The van der Waals surface area contributed by atoms with Crippen molar-refractivity contribution in [2.24, 2.45) is 0 Å². The van der Waals surface area contributed by atoms with Gasteiger partial charge < -0.3 is 13.9 Å². The van der Waals surface area contributed by atoms with Crippen LogP contribution in [0.3, 0.4) is 0 Å². The number of nitrogens with zero attached hydrogens (tertiary/aromatic N) is 2. The zero-order valence-corrected chi connectivity index (χ0v) is 15.4. The first kappa shape index (κ1) is 18.9. The number of ether oxygens (including phenoxy) is 2. The fourth-order valence-electron chi connectivity index (χ4n) is 2.17. The minimum absolute atomic E-state index is 0.0525. The SMILES string of the molecule is COc1cc(/C=C(\C#N)C(=O)Nc2nccs2)ccc1OC(=O)c1ccco1. The van der Waals surface area contributed by atoms with Gasteiger partial charge in [-0.05, 0) is 35.9 Å². The molecule has 0 unspecified atom stereocenters. The van der Waals surface area contributed by atoms with E-state index in [2.05, 4.69) is 10.3 Å². The average molecular weight is 395 g/mol. The van der Waals surface area contributed by atoms with Crippen LogP contribution in [0, 0.1) is 11.3 Å². The van der Waals surface area contributed by atoms with Crippen LogP contribution in [0.1, 0.15) is 16.1 Å². The van der Waals surface area contributed by atoms with E-state index in [1.54, 1.807) is 29.8 Å². The summed E-state index contributed by atoms with van der Waals surface area (Å²) in [5, 5.41) is 13.9. The highest BCUT2D eigenvalue weighted by Crippen LogP contribution is 2.30. The summed E-state index contributed by atoms with van der Waals surface area (Å²) in [7, 11) is 1.41. The number of hydrogen-bond donors (Lipinski definition) is 1. The number of nitrogens with one attached hydrogen (secondary N) is 1. The lowest BCUT2D eigenvalue weighted by Crippen LogP contribution is -2.13. The number of esters is 1. The van der Waals surface area contributed by atoms with Gasteiger partial charge in [-0.2, -0.15) is 5.26 Å².